The summed E-state index contributed by atoms with van der Waals surface area (Å²) < 4.78 is 22.2. The van der Waals surface area contributed by atoms with Crippen LogP contribution in [-0.2, 0) is 29.9 Å². The lowest BCUT2D eigenvalue weighted by molar-refractivity contribution is -0.125. The quantitative estimate of drug-likeness (QED) is 0.385. The summed E-state index contributed by atoms with van der Waals surface area (Å²) in [7, 11) is 0.904. The van der Waals surface area contributed by atoms with E-state index in [2.05, 4.69) is 39.2 Å². The molecule has 0 spiro atoms. The van der Waals surface area contributed by atoms with Crippen molar-refractivity contribution in [2.45, 2.75) is 84.1 Å². The number of amides is 1. The zero-order chi connectivity index (χ0) is 24.7. The molecular weight excluding hydrogens is 426 g/mol. The molecule has 0 fully saturated rings. The largest absolute Gasteiger partial charge is 0.444 e. The minimum Gasteiger partial charge on any atom is -0.444 e. The molecule has 0 aromatic heterocycles. The van der Waals surface area contributed by atoms with E-state index in [0.717, 1.165) is 11.1 Å². The van der Waals surface area contributed by atoms with E-state index in [9.17, 15) is 9.59 Å². The van der Waals surface area contributed by atoms with Gasteiger partial charge in [-0.3, -0.25) is 4.79 Å². The molecule has 8 heteroatoms. The second kappa shape index (κ2) is 11.4. The smallest absolute Gasteiger partial charge is 0.407 e. The van der Waals surface area contributed by atoms with Gasteiger partial charge in [-0.1, -0.05) is 45.0 Å². The Morgan fingerprint density at radius 3 is 1.94 bits per heavy atom. The summed E-state index contributed by atoms with van der Waals surface area (Å²) in [6.45, 7) is 16.0. The summed E-state index contributed by atoms with van der Waals surface area (Å²) in [5.41, 5.74) is 1.10. The van der Waals surface area contributed by atoms with Crippen LogP contribution in [0.5, 0.6) is 0 Å². The maximum atomic E-state index is 13.2. The molecule has 0 aliphatic carbocycles. The summed E-state index contributed by atoms with van der Waals surface area (Å²) in [5.74, 6) is -0.0892. The van der Waals surface area contributed by atoms with Gasteiger partial charge in [0.25, 0.3) is 0 Å². The summed E-state index contributed by atoms with van der Waals surface area (Å²) in [4.78, 5) is 25.4. The van der Waals surface area contributed by atoms with Gasteiger partial charge in [-0.15, -0.1) is 0 Å². The van der Waals surface area contributed by atoms with Crippen LogP contribution >= 0.6 is 0 Å². The van der Waals surface area contributed by atoms with Crippen LogP contribution in [0.4, 0.5) is 4.79 Å². The Kier molecular flexibility index (Phi) is 10.1. The lowest BCUT2D eigenvalue weighted by atomic mass is 10.0. The first-order valence-corrected chi connectivity index (χ1v) is 13.8. The highest BCUT2D eigenvalue weighted by molar-refractivity contribution is 6.74. The van der Waals surface area contributed by atoms with E-state index in [0.29, 0.717) is 0 Å². The number of methoxy groups -OCH3 is 2. The predicted molar refractivity (Wildman–Crippen MR) is 128 cm³/mol. The fraction of sp³-hybridized carbons (Fsp3) is 0.667. The normalized spacial score (nSPS) is 13.7. The van der Waals surface area contributed by atoms with Crippen LogP contribution in [0, 0.1) is 0 Å². The minimum absolute atomic E-state index is 0.0633. The van der Waals surface area contributed by atoms with Crippen molar-refractivity contribution in [2.75, 3.05) is 20.8 Å². The number of Topliss-reactive ketones (excluding diaryl/α,β-unsaturated/α-hetero) is 1. The number of ether oxygens (including phenoxy) is 3. The van der Waals surface area contributed by atoms with Crippen LogP contribution in [0.15, 0.2) is 24.3 Å². The SMILES string of the molecule is COC(OC)c1ccc(CC(=O)[C@@H](CNC(=O)OC(C)(C)C)O[Si](C)(C)C(C)(C)C)cc1. The van der Waals surface area contributed by atoms with Crippen LogP contribution in [0.2, 0.25) is 18.1 Å². The summed E-state index contributed by atoms with van der Waals surface area (Å²) in [5, 5.41) is 2.63. The molecule has 32 heavy (non-hydrogen) atoms. The number of ketones is 1. The van der Waals surface area contributed by atoms with Crippen LogP contribution < -0.4 is 5.32 Å². The fourth-order valence-corrected chi connectivity index (χ4v) is 4.00. The first-order valence-electron chi connectivity index (χ1n) is 10.9. The molecule has 7 nitrogen and oxygen atoms in total. The van der Waals surface area contributed by atoms with Gasteiger partial charge in [0.05, 0.1) is 6.54 Å². The molecular formula is C24H41NO6Si. The zero-order valence-electron chi connectivity index (χ0n) is 21.3. The molecule has 0 saturated heterocycles. The van der Waals surface area contributed by atoms with Crippen LogP contribution in [0.3, 0.4) is 0 Å². The third-order valence-electron chi connectivity index (χ3n) is 5.49. The van der Waals surface area contributed by atoms with E-state index < -0.39 is 32.4 Å². The van der Waals surface area contributed by atoms with Crippen molar-refractivity contribution in [3.05, 3.63) is 35.4 Å². The summed E-state index contributed by atoms with van der Waals surface area (Å²) >= 11 is 0. The highest BCUT2D eigenvalue weighted by Gasteiger charge is 2.40. The fourth-order valence-electron chi connectivity index (χ4n) is 2.72. The third-order valence-corrected chi connectivity index (χ3v) is 9.98. The Morgan fingerprint density at radius 2 is 1.50 bits per heavy atom. The summed E-state index contributed by atoms with van der Waals surface area (Å²) in [6.07, 6.45) is -1.58. The average molecular weight is 468 g/mol. The van der Waals surface area contributed by atoms with E-state index in [-0.39, 0.29) is 23.8 Å². The van der Waals surface area contributed by atoms with E-state index in [1.807, 2.05) is 24.3 Å². The van der Waals surface area contributed by atoms with E-state index in [4.69, 9.17) is 18.6 Å². The van der Waals surface area contributed by atoms with Gasteiger partial charge in [-0.25, -0.2) is 4.79 Å². The monoisotopic (exact) mass is 467 g/mol. The van der Waals surface area contributed by atoms with Crippen LogP contribution in [0.1, 0.15) is 59.0 Å². The molecule has 1 N–H and O–H groups in total. The molecule has 1 amide bonds. The van der Waals surface area contributed by atoms with Crippen molar-refractivity contribution in [1.82, 2.24) is 5.32 Å². The Morgan fingerprint density at radius 1 is 0.969 bits per heavy atom. The van der Waals surface area contributed by atoms with Crippen molar-refractivity contribution < 1.29 is 28.2 Å². The highest BCUT2D eigenvalue weighted by atomic mass is 28.4. The number of nitrogens with one attached hydrogen (secondary N) is 1. The van der Waals surface area contributed by atoms with Crippen LogP contribution in [0.25, 0.3) is 0 Å². The Balaban J connectivity index is 2.97. The molecule has 0 radical (unpaired) electrons. The number of rotatable bonds is 10. The predicted octanol–water partition coefficient (Wildman–Crippen LogP) is 5.00. The molecule has 1 atom stereocenters. The van der Waals surface area contributed by atoms with Gasteiger partial charge in [0.2, 0.25) is 0 Å². The Hall–Kier alpha value is -1.74. The van der Waals surface area contributed by atoms with Crippen molar-refractivity contribution in [3.8, 4) is 0 Å². The molecule has 0 bridgehead atoms. The Bertz CT molecular complexity index is 745. The maximum Gasteiger partial charge on any atom is 0.407 e. The van der Waals surface area contributed by atoms with Crippen molar-refractivity contribution in [2.24, 2.45) is 0 Å². The minimum atomic E-state index is -2.25. The second-order valence-corrected chi connectivity index (χ2v) is 15.2. The number of hydrogen-bond acceptors (Lipinski definition) is 6. The third kappa shape index (κ3) is 9.01. The van der Waals surface area contributed by atoms with Gasteiger partial charge in [-0.05, 0) is 44.5 Å². The molecule has 0 heterocycles. The maximum absolute atomic E-state index is 13.2. The molecule has 0 saturated carbocycles. The summed E-state index contributed by atoms with van der Waals surface area (Å²) in [6, 6.07) is 7.51. The van der Waals surface area contributed by atoms with E-state index in [1.54, 1.807) is 35.0 Å². The van der Waals surface area contributed by atoms with Crippen molar-refractivity contribution in [3.63, 3.8) is 0 Å². The van der Waals surface area contributed by atoms with Gasteiger partial charge in [0, 0.05) is 26.2 Å². The van der Waals surface area contributed by atoms with E-state index >= 15 is 0 Å². The molecule has 1 rings (SSSR count). The molecule has 0 aliphatic heterocycles. The van der Waals surface area contributed by atoms with Gasteiger partial charge < -0.3 is 24.0 Å². The Labute approximate surface area is 194 Å². The molecule has 1 aromatic rings. The van der Waals surface area contributed by atoms with Gasteiger partial charge in [-0.2, -0.15) is 0 Å². The average Bonchev–Trinajstić information content (AvgIpc) is 2.65. The lowest BCUT2D eigenvalue weighted by Crippen LogP contribution is -2.50. The molecule has 0 unspecified atom stereocenters. The van der Waals surface area contributed by atoms with Crippen molar-refractivity contribution in [1.29, 1.82) is 0 Å². The molecule has 0 aliphatic rings. The van der Waals surface area contributed by atoms with Gasteiger partial charge >= 0.3 is 6.09 Å². The first kappa shape index (κ1) is 28.3. The number of alkyl carbamates (subject to hydrolysis) is 1. The van der Waals surface area contributed by atoms with Crippen molar-refractivity contribution >= 4 is 20.2 Å². The number of carbonyl (C=O) groups is 2. The topological polar surface area (TPSA) is 83.1 Å². The first-order chi connectivity index (χ1) is 14.6. The second-order valence-electron chi connectivity index (χ2n) is 10.4. The molecule has 1 aromatic carbocycles. The zero-order valence-corrected chi connectivity index (χ0v) is 22.3. The highest BCUT2D eigenvalue weighted by Crippen LogP contribution is 2.37. The standard InChI is InChI=1S/C24H41NO6Si/c1-23(2,3)30-22(27)25-16-20(31-32(9,10)24(4,5)6)19(26)15-17-11-13-18(14-12-17)21(28-7)29-8/h11-14,20-21H,15-16H2,1-10H3,(H,25,27)/t20-/m1/s1. The number of hydrogen-bond donors (Lipinski definition) is 1. The lowest BCUT2D eigenvalue weighted by Gasteiger charge is -2.39. The van der Waals surface area contributed by atoms with Gasteiger partial charge in [0.1, 0.15) is 11.7 Å². The van der Waals surface area contributed by atoms with Gasteiger partial charge in [0.15, 0.2) is 20.4 Å². The van der Waals surface area contributed by atoms with E-state index in [1.165, 1.54) is 0 Å². The number of benzene rings is 1. The van der Waals surface area contributed by atoms with Crippen LogP contribution in [-0.4, -0.2) is 52.7 Å². The number of carbonyl (C=O) groups excluding carboxylic acids is 2. The molecule has 182 valence electrons.